The maximum absolute atomic E-state index is 13.8. The van der Waals surface area contributed by atoms with Crippen molar-refractivity contribution in [3.8, 4) is 5.75 Å². The Morgan fingerprint density at radius 3 is 2.40 bits per heavy atom. The Morgan fingerprint density at radius 2 is 1.67 bits per heavy atom. The molecule has 0 saturated heterocycles. The minimum Gasteiger partial charge on any atom is -0.486 e. The van der Waals surface area contributed by atoms with Crippen LogP contribution in [0.25, 0.3) is 10.8 Å². The van der Waals surface area contributed by atoms with E-state index >= 15 is 0 Å². The van der Waals surface area contributed by atoms with Gasteiger partial charge in [-0.15, -0.1) is 0 Å². The van der Waals surface area contributed by atoms with E-state index in [-0.39, 0.29) is 53.4 Å². The zero-order valence-corrected chi connectivity index (χ0v) is 26.7. The summed E-state index contributed by atoms with van der Waals surface area (Å²) in [6.45, 7) is 3.47. The Kier molecular flexibility index (Phi) is 9.64. The first-order valence-corrected chi connectivity index (χ1v) is 16.3. The topological polar surface area (TPSA) is 128 Å². The fourth-order valence-corrected chi connectivity index (χ4v) is 6.62. The average Bonchev–Trinajstić information content (AvgIpc) is 3.03. The molecule has 3 atom stereocenters. The molecule has 1 heterocycles. The molecule has 5 rings (SSSR count). The second kappa shape index (κ2) is 13.5. The van der Waals surface area contributed by atoms with Crippen molar-refractivity contribution in [3.05, 3.63) is 95.5 Å². The van der Waals surface area contributed by atoms with Gasteiger partial charge in [0.05, 0.1) is 41.0 Å². The van der Waals surface area contributed by atoms with Gasteiger partial charge in [0.1, 0.15) is 6.10 Å². The van der Waals surface area contributed by atoms with Crippen molar-refractivity contribution in [2.24, 2.45) is 5.92 Å². The lowest BCUT2D eigenvalue weighted by atomic mass is 9.99. The highest BCUT2D eigenvalue weighted by molar-refractivity contribution is 7.89. The minimum absolute atomic E-state index is 0.0579. The van der Waals surface area contributed by atoms with Gasteiger partial charge in [-0.1, -0.05) is 61.0 Å². The fourth-order valence-electron chi connectivity index (χ4n) is 5.31. The maximum atomic E-state index is 13.8. The monoisotopic (exact) mass is 650 g/mol. The minimum atomic E-state index is -3.91. The highest BCUT2D eigenvalue weighted by atomic mass is 35.5. The lowest BCUT2D eigenvalue weighted by Gasteiger charge is -2.38. The Bertz CT molecular complexity index is 1810. The van der Waals surface area contributed by atoms with Crippen molar-refractivity contribution in [3.63, 3.8) is 0 Å². The number of nitrogens with one attached hydrogen (secondary N) is 2. The summed E-state index contributed by atoms with van der Waals surface area (Å²) in [5.74, 6) is -0.631. The number of amides is 3. The van der Waals surface area contributed by atoms with E-state index in [1.807, 2.05) is 43.3 Å². The van der Waals surface area contributed by atoms with Crippen LogP contribution in [0.1, 0.15) is 24.2 Å². The van der Waals surface area contributed by atoms with Gasteiger partial charge in [-0.2, -0.15) is 4.31 Å². The highest BCUT2D eigenvalue weighted by Crippen LogP contribution is 2.35. The summed E-state index contributed by atoms with van der Waals surface area (Å²) in [7, 11) is -2.45. The lowest BCUT2D eigenvalue weighted by molar-refractivity contribution is 0.0389. The third-order valence-corrected chi connectivity index (χ3v) is 10.0. The predicted molar refractivity (Wildman–Crippen MR) is 175 cm³/mol. The van der Waals surface area contributed by atoms with Gasteiger partial charge in [0, 0.05) is 29.9 Å². The number of aliphatic hydroxyl groups is 1. The number of likely N-dealkylation sites (N-methyl/N-ethyl adjacent to an activating group) is 1. The predicted octanol–water partition coefficient (Wildman–Crippen LogP) is 5.68. The molecule has 3 amide bonds. The molecule has 0 spiro atoms. The van der Waals surface area contributed by atoms with Crippen molar-refractivity contribution in [1.29, 1.82) is 0 Å². The van der Waals surface area contributed by atoms with Crippen molar-refractivity contribution in [2.45, 2.75) is 30.9 Å². The van der Waals surface area contributed by atoms with E-state index in [9.17, 15) is 23.1 Å². The molecule has 0 saturated carbocycles. The zero-order chi connectivity index (χ0) is 32.3. The van der Waals surface area contributed by atoms with E-state index in [0.29, 0.717) is 10.7 Å². The molecule has 12 heteroatoms. The molecule has 4 aromatic rings. The number of rotatable bonds is 8. The van der Waals surface area contributed by atoms with E-state index in [1.54, 1.807) is 36.1 Å². The zero-order valence-electron chi connectivity index (χ0n) is 25.1. The van der Waals surface area contributed by atoms with Crippen LogP contribution in [0.3, 0.4) is 0 Å². The lowest BCUT2D eigenvalue weighted by Crippen LogP contribution is -2.50. The Labute approximate surface area is 267 Å². The number of aliphatic hydroxyl groups excluding tert-OH is 1. The third kappa shape index (κ3) is 6.91. The van der Waals surface area contributed by atoms with Crippen LogP contribution in [-0.2, 0) is 10.0 Å². The van der Waals surface area contributed by atoms with Gasteiger partial charge in [0.2, 0.25) is 10.0 Å². The van der Waals surface area contributed by atoms with Gasteiger partial charge < -0.3 is 25.4 Å². The Hall–Kier alpha value is -4.16. The van der Waals surface area contributed by atoms with Crippen LogP contribution in [0, 0.1) is 5.92 Å². The molecule has 0 aromatic heterocycles. The number of carbonyl (C=O) groups excluding carboxylic acids is 2. The standard InChI is InChI=1S/C33H35ClN4O6S/c1-21-18-38(22(2)20-39)32(40)27-11-7-13-29(36-33(41)35-28-12-6-9-23-8-4-5-10-26(23)28)31(27)44-30(21)19-37(3)45(42,43)25-16-14-24(34)15-17-25/h4-17,21-22,30,39H,18-20H2,1-3H3,(H2,35,36,41)/t21-,22-,30+/m0/s1. The first-order chi connectivity index (χ1) is 21.5. The summed E-state index contributed by atoms with van der Waals surface area (Å²) in [6, 6.07) is 22.9. The molecule has 0 radical (unpaired) electrons. The first kappa shape index (κ1) is 32.2. The van der Waals surface area contributed by atoms with Crippen molar-refractivity contribution < 1.29 is 27.9 Å². The molecule has 0 bridgehead atoms. The molecule has 1 aliphatic rings. The number of nitrogens with zero attached hydrogens (tertiary/aromatic N) is 2. The van der Waals surface area contributed by atoms with Crippen LogP contribution in [0.5, 0.6) is 5.75 Å². The maximum Gasteiger partial charge on any atom is 0.323 e. The molecular weight excluding hydrogens is 616 g/mol. The Balaban J connectivity index is 1.48. The molecule has 45 heavy (non-hydrogen) atoms. The number of fused-ring (bicyclic) bond motifs is 2. The van der Waals surface area contributed by atoms with Crippen molar-refractivity contribution in [1.82, 2.24) is 9.21 Å². The molecule has 10 nitrogen and oxygen atoms in total. The van der Waals surface area contributed by atoms with E-state index in [2.05, 4.69) is 10.6 Å². The average molecular weight is 651 g/mol. The summed E-state index contributed by atoms with van der Waals surface area (Å²) in [5.41, 5.74) is 1.01. The van der Waals surface area contributed by atoms with Gasteiger partial charge in [-0.05, 0) is 54.8 Å². The summed E-state index contributed by atoms with van der Waals surface area (Å²) < 4.78 is 34.5. The fraction of sp³-hybridized carbons (Fsp3) is 0.273. The summed E-state index contributed by atoms with van der Waals surface area (Å²) >= 11 is 5.97. The smallest absolute Gasteiger partial charge is 0.323 e. The summed E-state index contributed by atoms with van der Waals surface area (Å²) in [4.78, 5) is 28.7. The van der Waals surface area contributed by atoms with Gasteiger partial charge in [-0.3, -0.25) is 4.79 Å². The van der Waals surface area contributed by atoms with Crippen LogP contribution in [0.15, 0.2) is 89.8 Å². The van der Waals surface area contributed by atoms with Crippen LogP contribution in [0.4, 0.5) is 16.2 Å². The molecule has 0 aliphatic carbocycles. The van der Waals surface area contributed by atoms with E-state index in [0.717, 1.165) is 10.8 Å². The number of halogens is 1. The number of carbonyl (C=O) groups is 2. The molecule has 4 aromatic carbocycles. The molecule has 236 valence electrons. The molecule has 1 aliphatic heterocycles. The number of para-hydroxylation sites is 1. The van der Waals surface area contributed by atoms with Crippen LogP contribution in [-0.4, -0.2) is 73.6 Å². The number of benzene rings is 4. The number of anilines is 2. The SMILES string of the molecule is C[C@H]1CN([C@@H](C)CO)C(=O)c2cccc(NC(=O)Nc3cccc4ccccc34)c2O[C@@H]1CN(C)S(=O)(=O)c1ccc(Cl)cc1. The summed E-state index contributed by atoms with van der Waals surface area (Å²) in [5, 5.41) is 17.9. The van der Waals surface area contributed by atoms with Crippen LogP contribution >= 0.6 is 11.6 Å². The molecular formula is C33H35ClN4O6S. The van der Waals surface area contributed by atoms with Crippen LogP contribution < -0.4 is 15.4 Å². The quantitative estimate of drug-likeness (QED) is 0.225. The van der Waals surface area contributed by atoms with Gasteiger partial charge in [0.15, 0.2) is 5.75 Å². The number of urea groups is 1. The second-order valence-corrected chi connectivity index (χ2v) is 13.6. The second-order valence-electron chi connectivity index (χ2n) is 11.2. The normalized spacial score (nSPS) is 17.6. The van der Waals surface area contributed by atoms with Gasteiger partial charge in [0.25, 0.3) is 5.91 Å². The number of hydrogen-bond donors (Lipinski definition) is 3. The number of ether oxygens (including phenoxy) is 1. The van der Waals surface area contributed by atoms with E-state index < -0.39 is 28.2 Å². The number of sulfonamides is 1. The van der Waals surface area contributed by atoms with E-state index in [4.69, 9.17) is 16.3 Å². The molecule has 0 unspecified atom stereocenters. The largest absolute Gasteiger partial charge is 0.486 e. The number of hydrogen-bond acceptors (Lipinski definition) is 6. The highest BCUT2D eigenvalue weighted by Gasteiger charge is 2.36. The van der Waals surface area contributed by atoms with Crippen LogP contribution in [0.2, 0.25) is 5.02 Å². The third-order valence-electron chi connectivity index (χ3n) is 7.94. The molecule has 0 fully saturated rings. The Morgan fingerprint density at radius 1 is 1.02 bits per heavy atom. The molecule has 3 N–H and O–H groups in total. The van der Waals surface area contributed by atoms with Crippen molar-refractivity contribution >= 4 is 55.7 Å². The first-order valence-electron chi connectivity index (χ1n) is 14.5. The summed E-state index contributed by atoms with van der Waals surface area (Å²) in [6.07, 6.45) is -0.735. The van der Waals surface area contributed by atoms with Gasteiger partial charge >= 0.3 is 6.03 Å². The van der Waals surface area contributed by atoms with E-state index in [1.165, 1.54) is 35.6 Å². The van der Waals surface area contributed by atoms with Gasteiger partial charge in [-0.25, -0.2) is 13.2 Å². The van der Waals surface area contributed by atoms with Crippen molar-refractivity contribution in [2.75, 3.05) is 37.4 Å².